The fraction of sp³-hybridized carbons (Fsp3) is 0.824. The average Bonchev–Trinajstić information content (AvgIpc) is 2.74. The Labute approximate surface area is 135 Å². The molecular formula is C17H24O6. The van der Waals surface area contributed by atoms with Gasteiger partial charge in [0.25, 0.3) is 0 Å². The number of aliphatic hydroxyl groups is 1. The highest BCUT2D eigenvalue weighted by Gasteiger charge is 2.59. The first-order valence-corrected chi connectivity index (χ1v) is 8.31. The summed E-state index contributed by atoms with van der Waals surface area (Å²) in [6, 6.07) is 0. The lowest BCUT2D eigenvalue weighted by Gasteiger charge is -2.49. The van der Waals surface area contributed by atoms with Crippen molar-refractivity contribution in [1.29, 1.82) is 0 Å². The zero-order valence-electron chi connectivity index (χ0n) is 13.8. The first-order valence-electron chi connectivity index (χ1n) is 8.31. The number of carbonyl (C=O) groups is 3. The Balaban J connectivity index is 1.93. The standard InChI is InChI=1S/C17H24O6/c1-9-11-4-6-16(3)8-17(21,7-5-12(16)22-10(2)18)14(19)13(11)23-15(9)20/h9,11-13,21H,4-8H2,1-3H3. The minimum Gasteiger partial charge on any atom is -0.462 e. The van der Waals surface area contributed by atoms with Crippen LogP contribution >= 0.6 is 0 Å². The Hall–Kier alpha value is -1.43. The minimum atomic E-state index is -1.50. The van der Waals surface area contributed by atoms with Crippen molar-refractivity contribution in [2.75, 3.05) is 0 Å². The van der Waals surface area contributed by atoms with Crippen molar-refractivity contribution in [3.63, 3.8) is 0 Å². The lowest BCUT2D eigenvalue weighted by molar-refractivity contribution is -0.182. The Morgan fingerprint density at radius 2 is 2.00 bits per heavy atom. The van der Waals surface area contributed by atoms with Crippen LogP contribution in [0.3, 0.4) is 0 Å². The van der Waals surface area contributed by atoms with Crippen molar-refractivity contribution in [1.82, 2.24) is 0 Å². The summed E-state index contributed by atoms with van der Waals surface area (Å²) in [7, 11) is 0. The van der Waals surface area contributed by atoms with Crippen molar-refractivity contribution in [2.24, 2.45) is 17.3 Å². The number of ketones is 1. The maximum Gasteiger partial charge on any atom is 0.309 e. The van der Waals surface area contributed by atoms with Crippen LogP contribution in [-0.2, 0) is 23.9 Å². The quantitative estimate of drug-likeness (QED) is 0.733. The summed E-state index contributed by atoms with van der Waals surface area (Å²) in [4.78, 5) is 36.1. The van der Waals surface area contributed by atoms with E-state index in [-0.39, 0.29) is 48.5 Å². The van der Waals surface area contributed by atoms with Gasteiger partial charge in [0.1, 0.15) is 11.7 Å². The molecule has 0 aromatic heterocycles. The van der Waals surface area contributed by atoms with Gasteiger partial charge in [0.15, 0.2) is 6.10 Å². The number of hydrogen-bond acceptors (Lipinski definition) is 6. The second-order valence-electron chi connectivity index (χ2n) is 7.71. The van der Waals surface area contributed by atoms with Gasteiger partial charge in [0, 0.05) is 18.3 Å². The molecule has 1 saturated heterocycles. The molecule has 23 heavy (non-hydrogen) atoms. The molecule has 2 aliphatic carbocycles. The van der Waals surface area contributed by atoms with Gasteiger partial charge in [-0.2, -0.15) is 0 Å². The van der Waals surface area contributed by atoms with Crippen LogP contribution in [0.25, 0.3) is 0 Å². The lowest BCUT2D eigenvalue weighted by atomic mass is 9.59. The first-order chi connectivity index (χ1) is 10.7. The Morgan fingerprint density at radius 1 is 1.30 bits per heavy atom. The molecule has 0 aromatic carbocycles. The van der Waals surface area contributed by atoms with Gasteiger partial charge < -0.3 is 14.6 Å². The first kappa shape index (κ1) is 16.4. The highest BCUT2D eigenvalue weighted by atomic mass is 16.6. The molecule has 1 aliphatic heterocycles. The summed E-state index contributed by atoms with van der Waals surface area (Å²) < 4.78 is 10.7. The van der Waals surface area contributed by atoms with Crippen molar-refractivity contribution < 1.29 is 29.0 Å². The fourth-order valence-electron chi connectivity index (χ4n) is 4.62. The molecule has 0 amide bonds. The van der Waals surface area contributed by atoms with E-state index in [0.717, 1.165) is 0 Å². The van der Waals surface area contributed by atoms with E-state index in [9.17, 15) is 19.5 Å². The van der Waals surface area contributed by atoms with Crippen LogP contribution in [0.4, 0.5) is 0 Å². The highest BCUT2D eigenvalue weighted by Crippen LogP contribution is 2.51. The molecule has 2 saturated carbocycles. The second-order valence-corrected chi connectivity index (χ2v) is 7.71. The smallest absolute Gasteiger partial charge is 0.309 e. The van der Waals surface area contributed by atoms with Crippen molar-refractivity contribution in [3.8, 4) is 0 Å². The third-order valence-corrected chi connectivity index (χ3v) is 6.01. The van der Waals surface area contributed by atoms with E-state index < -0.39 is 17.1 Å². The maximum atomic E-state index is 12.8. The molecule has 6 nitrogen and oxygen atoms in total. The largest absolute Gasteiger partial charge is 0.462 e. The third kappa shape index (κ3) is 2.57. The lowest BCUT2D eigenvalue weighted by Crippen LogP contribution is -2.58. The molecule has 0 spiro atoms. The van der Waals surface area contributed by atoms with E-state index in [0.29, 0.717) is 19.3 Å². The molecular weight excluding hydrogens is 300 g/mol. The van der Waals surface area contributed by atoms with E-state index in [4.69, 9.17) is 9.47 Å². The van der Waals surface area contributed by atoms with Crippen molar-refractivity contribution >= 4 is 17.7 Å². The molecule has 0 radical (unpaired) electrons. The zero-order chi connectivity index (χ0) is 17.0. The van der Waals surface area contributed by atoms with Crippen LogP contribution in [-0.4, -0.2) is 40.6 Å². The van der Waals surface area contributed by atoms with Gasteiger partial charge in [-0.15, -0.1) is 0 Å². The Morgan fingerprint density at radius 3 is 2.65 bits per heavy atom. The number of Topliss-reactive ketones (excluding diaryl/α,β-unsaturated/α-hetero) is 1. The van der Waals surface area contributed by atoms with Gasteiger partial charge in [-0.05, 0) is 32.1 Å². The van der Waals surface area contributed by atoms with Crippen LogP contribution in [0.5, 0.6) is 0 Å². The molecule has 0 aromatic rings. The van der Waals surface area contributed by atoms with Gasteiger partial charge >= 0.3 is 11.9 Å². The van der Waals surface area contributed by atoms with Crippen LogP contribution in [0.15, 0.2) is 0 Å². The summed E-state index contributed by atoms with van der Waals surface area (Å²) in [6.07, 6.45) is 1.10. The summed E-state index contributed by atoms with van der Waals surface area (Å²) in [5, 5.41) is 10.9. The van der Waals surface area contributed by atoms with Gasteiger partial charge in [0.05, 0.1) is 5.92 Å². The molecule has 3 rings (SSSR count). The van der Waals surface area contributed by atoms with Gasteiger partial charge in [-0.1, -0.05) is 13.8 Å². The van der Waals surface area contributed by atoms with Crippen molar-refractivity contribution in [2.45, 2.75) is 70.7 Å². The van der Waals surface area contributed by atoms with E-state index in [1.165, 1.54) is 6.92 Å². The van der Waals surface area contributed by atoms with Gasteiger partial charge in [-0.3, -0.25) is 14.4 Å². The fourth-order valence-corrected chi connectivity index (χ4v) is 4.62. The van der Waals surface area contributed by atoms with Crippen LogP contribution in [0, 0.1) is 17.3 Å². The highest BCUT2D eigenvalue weighted by molar-refractivity contribution is 5.95. The van der Waals surface area contributed by atoms with Gasteiger partial charge in [0.2, 0.25) is 5.78 Å². The summed E-state index contributed by atoms with van der Waals surface area (Å²) in [6.45, 7) is 5.11. The Bertz CT molecular complexity index is 557. The minimum absolute atomic E-state index is 0.211. The molecule has 3 aliphatic rings. The summed E-state index contributed by atoms with van der Waals surface area (Å²) in [5.41, 5.74) is -1.97. The van der Waals surface area contributed by atoms with E-state index in [2.05, 4.69) is 0 Å². The number of hydrogen-bond donors (Lipinski definition) is 1. The summed E-state index contributed by atoms with van der Waals surface area (Å²) in [5.74, 6) is -1.65. The zero-order valence-corrected chi connectivity index (χ0v) is 13.8. The number of rotatable bonds is 1. The Kier molecular flexibility index (Phi) is 3.78. The molecule has 2 bridgehead atoms. The monoisotopic (exact) mass is 324 g/mol. The second kappa shape index (κ2) is 5.30. The molecule has 6 unspecified atom stereocenters. The molecule has 1 N–H and O–H groups in total. The number of ether oxygens (including phenoxy) is 2. The normalized spacial score (nSPS) is 46.4. The molecule has 6 atom stereocenters. The number of carbonyl (C=O) groups excluding carboxylic acids is 3. The SMILES string of the molecule is CC(=O)OC1CCC2(O)CC1(C)CCC1C(C)C(=O)OC1C2=O. The topological polar surface area (TPSA) is 89.9 Å². The predicted molar refractivity (Wildman–Crippen MR) is 79.2 cm³/mol. The molecule has 3 fully saturated rings. The predicted octanol–water partition coefficient (Wildman–Crippen LogP) is 1.38. The molecule has 128 valence electrons. The van der Waals surface area contributed by atoms with Crippen LogP contribution in [0.1, 0.15) is 52.9 Å². The van der Waals surface area contributed by atoms with E-state index >= 15 is 0 Å². The third-order valence-electron chi connectivity index (χ3n) is 6.01. The van der Waals surface area contributed by atoms with Gasteiger partial charge in [-0.25, -0.2) is 0 Å². The molecule has 6 heteroatoms. The average molecular weight is 324 g/mol. The summed E-state index contributed by atoms with van der Waals surface area (Å²) >= 11 is 0. The van der Waals surface area contributed by atoms with Crippen molar-refractivity contribution in [3.05, 3.63) is 0 Å². The van der Waals surface area contributed by atoms with Crippen LogP contribution in [0.2, 0.25) is 0 Å². The van der Waals surface area contributed by atoms with E-state index in [1.807, 2.05) is 6.92 Å². The van der Waals surface area contributed by atoms with Crippen LogP contribution < -0.4 is 0 Å². The molecule has 1 heterocycles. The maximum absolute atomic E-state index is 12.8. The number of fused-ring (bicyclic) bond motifs is 3. The number of esters is 2. The van der Waals surface area contributed by atoms with E-state index in [1.54, 1.807) is 6.92 Å².